The number of nitrogens with zero attached hydrogens (tertiary/aromatic N) is 11. The van der Waals surface area contributed by atoms with Gasteiger partial charge in [-0.1, -0.05) is 109 Å². The Labute approximate surface area is 431 Å². The lowest BCUT2D eigenvalue weighted by Crippen LogP contribution is -2.53. The van der Waals surface area contributed by atoms with E-state index in [-0.39, 0.29) is 44.5 Å². The van der Waals surface area contributed by atoms with Gasteiger partial charge in [-0.3, -0.25) is 19.2 Å². The molecule has 0 radical (unpaired) electrons. The molecule has 1 amide bonds. The molecule has 10 rings (SSSR count). The molecule has 74 heavy (non-hydrogen) atoms. The van der Waals surface area contributed by atoms with Gasteiger partial charge in [-0.05, 0) is 40.6 Å². The third-order valence-electron chi connectivity index (χ3n) is 12.9. The molecular formula is C52H53N14O6PS. The van der Waals surface area contributed by atoms with Gasteiger partial charge >= 0.3 is 0 Å². The maximum absolute atomic E-state index is 13.1. The number of aliphatic hydroxyl groups is 1. The average molecular weight is 1030 g/mol. The van der Waals surface area contributed by atoms with Gasteiger partial charge in [0.15, 0.2) is 34.0 Å². The number of benzene rings is 4. The summed E-state index contributed by atoms with van der Waals surface area (Å²) in [7, 11) is 3.76. The predicted molar refractivity (Wildman–Crippen MR) is 282 cm³/mol. The summed E-state index contributed by atoms with van der Waals surface area (Å²) in [6.07, 6.45) is 5.76. The smallest absolute Gasteiger partial charge is 0.261 e. The number of aliphatic hydroxyl groups excluding tert-OH is 1. The molecule has 6 heterocycles. The molecule has 8 aromatic rings. The molecule has 4 aromatic carbocycles. The number of carbonyl (C=O) groups excluding carboxylic acids is 1. The number of amides is 1. The van der Waals surface area contributed by atoms with Crippen molar-refractivity contribution in [2.75, 3.05) is 45.8 Å². The van der Waals surface area contributed by atoms with Crippen LogP contribution in [0, 0.1) is 6.57 Å². The van der Waals surface area contributed by atoms with Crippen LogP contribution in [-0.4, -0.2) is 126 Å². The van der Waals surface area contributed by atoms with Gasteiger partial charge < -0.3 is 38.7 Å². The SMILES string of the molecule is [C-]#[N+]CCOP(=S)(NC1C[C@H](n2cnc3c(NC(=O)c4ccccc4)ncnc32)O[C@@H]1CO)OC[C@H]1O[C@@H](n2cnc3c(/N=C\N(C)C)ncnc32)CC1NC(c1ccccc1)(c1ccccc1)c1ccccc1. The number of anilines is 1. The highest BCUT2D eigenvalue weighted by Crippen LogP contribution is 2.49. The Morgan fingerprint density at radius 2 is 1.35 bits per heavy atom. The minimum atomic E-state index is -3.52. The van der Waals surface area contributed by atoms with Crippen LogP contribution in [0.2, 0.25) is 0 Å². The largest absolute Gasteiger partial charge is 0.394 e. The Kier molecular flexibility index (Phi) is 15.3. The molecule has 4 N–H and O–H groups in total. The Balaban J connectivity index is 0.962. The van der Waals surface area contributed by atoms with Crippen molar-refractivity contribution < 1.29 is 28.4 Å². The monoisotopic (exact) mass is 1030 g/mol. The standard InChI is InChI=1S/C52H53N14O6PS/c1-53-24-25-69-73(74,63-40-27-44(71-41(40)28-67)66-34-59-46-48(55-31-57-50(46)66)61-51(68)35-16-8-4-9-17-35)70-29-42-39(26-43(72-42)65-33-58-45-47(60-32-64(2)3)54-30-56-49(45)65)62-52(36-18-10-5-11-19-36,37-20-12-6-13-21-37)38-22-14-7-15-23-38/h4-23,30-34,39-44,62,67H,24-29H2,2-3H3,(H,63,74)(H,55,57,61,68)/b60-32-/t39?,40?,41-,42-,43-,44-,73?/m1/s1. The fraction of sp³-hybridized carbons (Fsp3) is 0.288. The number of aliphatic imine (C=N–C) groups is 1. The second kappa shape index (κ2) is 22.5. The number of rotatable bonds is 20. The molecule has 2 fully saturated rings. The van der Waals surface area contributed by atoms with Gasteiger partial charge in [0.05, 0.1) is 50.0 Å². The van der Waals surface area contributed by atoms with Gasteiger partial charge in [0.1, 0.15) is 31.7 Å². The second-order valence-electron chi connectivity index (χ2n) is 17.9. The zero-order chi connectivity index (χ0) is 51.1. The van der Waals surface area contributed by atoms with Crippen molar-refractivity contribution in [3.05, 3.63) is 180 Å². The van der Waals surface area contributed by atoms with Crippen molar-refractivity contribution in [1.82, 2.24) is 54.3 Å². The van der Waals surface area contributed by atoms with Crippen LogP contribution >= 0.6 is 6.64 Å². The number of ether oxygens (including phenoxy) is 2. The van der Waals surface area contributed by atoms with Crippen LogP contribution in [-0.2, 0) is 35.9 Å². The van der Waals surface area contributed by atoms with E-state index in [1.165, 1.54) is 12.7 Å². The van der Waals surface area contributed by atoms with Crippen LogP contribution in [0.5, 0.6) is 0 Å². The van der Waals surface area contributed by atoms with Crippen LogP contribution < -0.4 is 15.7 Å². The fourth-order valence-corrected chi connectivity index (χ4v) is 11.8. The first-order valence-corrected chi connectivity index (χ1v) is 26.6. The number of nitrogens with one attached hydrogen (secondary N) is 3. The summed E-state index contributed by atoms with van der Waals surface area (Å²) in [6.45, 7) is 3.64. The van der Waals surface area contributed by atoms with Crippen molar-refractivity contribution in [1.29, 1.82) is 0 Å². The van der Waals surface area contributed by atoms with Gasteiger partial charge in [0.25, 0.3) is 12.5 Å². The van der Waals surface area contributed by atoms with Crippen molar-refractivity contribution in [3.8, 4) is 0 Å². The minimum Gasteiger partial charge on any atom is -0.394 e. The summed E-state index contributed by atoms with van der Waals surface area (Å²) in [4.78, 5) is 50.1. The van der Waals surface area contributed by atoms with Crippen LogP contribution in [0.1, 0.15) is 52.3 Å². The lowest BCUT2D eigenvalue weighted by molar-refractivity contribution is -0.0264. The van der Waals surface area contributed by atoms with E-state index in [0.717, 1.165) is 16.7 Å². The lowest BCUT2D eigenvalue weighted by Gasteiger charge is -2.40. The molecule has 378 valence electrons. The van der Waals surface area contributed by atoms with E-state index in [4.69, 9.17) is 41.9 Å². The Hall–Kier alpha value is -7.22. The van der Waals surface area contributed by atoms with Gasteiger partial charge in [-0.25, -0.2) is 46.6 Å². The van der Waals surface area contributed by atoms with Crippen LogP contribution in [0.15, 0.2) is 152 Å². The number of carbonyl (C=O) groups is 1. The van der Waals surface area contributed by atoms with E-state index >= 15 is 0 Å². The number of imidazole rings is 2. The second-order valence-corrected chi connectivity index (χ2v) is 21.1. The van der Waals surface area contributed by atoms with Gasteiger partial charge in [-0.2, -0.15) is 0 Å². The van der Waals surface area contributed by atoms with Crippen molar-refractivity contribution >= 4 is 64.7 Å². The van der Waals surface area contributed by atoms with E-state index in [9.17, 15) is 9.90 Å². The number of aromatic nitrogens is 8. The third kappa shape index (κ3) is 10.6. The number of hydrogen-bond acceptors (Lipinski definition) is 15. The number of fused-ring (bicyclic) bond motifs is 2. The minimum absolute atomic E-state index is 0.0105. The Morgan fingerprint density at radius 3 is 1.95 bits per heavy atom. The van der Waals surface area contributed by atoms with E-state index in [2.05, 4.69) is 86.9 Å². The van der Waals surface area contributed by atoms with Crippen molar-refractivity contribution in [2.24, 2.45) is 4.99 Å². The molecule has 0 spiro atoms. The van der Waals surface area contributed by atoms with E-state index in [1.54, 1.807) is 47.8 Å². The molecule has 0 saturated carbocycles. The summed E-state index contributed by atoms with van der Waals surface area (Å²) in [5.41, 5.74) is 4.43. The molecule has 2 saturated heterocycles. The fourth-order valence-electron chi connectivity index (χ4n) is 9.44. The Bertz CT molecular complexity index is 3210. The molecule has 20 nitrogen and oxygen atoms in total. The first-order chi connectivity index (χ1) is 36.2. The normalized spacial score (nSPS) is 20.7. The summed E-state index contributed by atoms with van der Waals surface area (Å²) < 4.78 is 30.3. The highest BCUT2D eigenvalue weighted by atomic mass is 32.5. The molecule has 3 unspecified atom stereocenters. The van der Waals surface area contributed by atoms with Gasteiger partial charge in [-0.15, -0.1) is 0 Å². The molecule has 4 aromatic heterocycles. The zero-order valence-corrected chi connectivity index (χ0v) is 42.1. The van der Waals surface area contributed by atoms with Gasteiger partial charge in [0.2, 0.25) is 6.54 Å². The van der Waals surface area contributed by atoms with Crippen molar-refractivity contribution in [2.45, 2.75) is 55.1 Å². The van der Waals surface area contributed by atoms with E-state index in [1.807, 2.05) is 84.2 Å². The molecule has 2 aliphatic rings. The lowest BCUT2D eigenvalue weighted by atomic mass is 9.76. The molecule has 2 aliphatic heterocycles. The molecular weight excluding hydrogens is 980 g/mol. The molecule has 0 bridgehead atoms. The first-order valence-electron chi connectivity index (χ1n) is 23.9. The maximum Gasteiger partial charge on any atom is 0.261 e. The summed E-state index contributed by atoms with van der Waals surface area (Å²) in [5, 5.41) is 21.2. The highest BCUT2D eigenvalue weighted by Gasteiger charge is 2.46. The topological polar surface area (TPSA) is 217 Å². The third-order valence-corrected chi connectivity index (χ3v) is 15.5. The van der Waals surface area contributed by atoms with E-state index < -0.39 is 48.9 Å². The Morgan fingerprint density at radius 1 is 0.797 bits per heavy atom. The van der Waals surface area contributed by atoms with E-state index in [0.29, 0.717) is 40.1 Å². The molecule has 0 aliphatic carbocycles. The first kappa shape index (κ1) is 50.3. The molecule has 22 heteroatoms. The predicted octanol–water partition coefficient (Wildman–Crippen LogP) is 6.79. The summed E-state index contributed by atoms with van der Waals surface area (Å²) in [6, 6.07) is 38.7. The van der Waals surface area contributed by atoms with Crippen LogP contribution in [0.25, 0.3) is 27.2 Å². The summed E-state index contributed by atoms with van der Waals surface area (Å²) in [5.74, 6) is 0.303. The highest BCUT2D eigenvalue weighted by molar-refractivity contribution is 8.09. The maximum atomic E-state index is 13.1. The van der Waals surface area contributed by atoms with Gasteiger partial charge in [0, 0.05) is 44.6 Å². The molecule has 7 atom stereocenters. The average Bonchev–Trinajstić information content (AvgIpc) is 4.26. The van der Waals surface area contributed by atoms with Crippen LogP contribution in [0.4, 0.5) is 11.6 Å². The summed E-state index contributed by atoms with van der Waals surface area (Å²) >= 11 is 6.32. The quantitative estimate of drug-likeness (QED) is 0.0154. The van der Waals surface area contributed by atoms with Crippen LogP contribution in [0.3, 0.4) is 0 Å². The van der Waals surface area contributed by atoms with Crippen molar-refractivity contribution in [3.63, 3.8) is 0 Å². The zero-order valence-electron chi connectivity index (χ0n) is 40.4. The number of hydrogen-bond donors (Lipinski definition) is 4.